The molecule has 0 aliphatic carbocycles. The van der Waals surface area contributed by atoms with Crippen LogP contribution in [0.15, 0.2) is 0 Å². The van der Waals surface area contributed by atoms with Gasteiger partial charge in [-0.15, -0.1) is 0 Å². The van der Waals surface area contributed by atoms with E-state index in [-0.39, 0.29) is 17.8 Å². The van der Waals surface area contributed by atoms with Crippen LogP contribution < -0.4 is 0 Å². The van der Waals surface area contributed by atoms with E-state index in [1.807, 2.05) is 6.92 Å². The Balaban J connectivity index is 2.86. The molecule has 0 aromatic rings. The van der Waals surface area contributed by atoms with Crippen molar-refractivity contribution in [3.8, 4) is 0 Å². The summed E-state index contributed by atoms with van der Waals surface area (Å²) in [6.07, 6.45) is -2.94. The highest BCUT2D eigenvalue weighted by Crippen LogP contribution is 2.24. The molecule has 19 heavy (non-hydrogen) atoms. The summed E-state index contributed by atoms with van der Waals surface area (Å²) < 4.78 is 63.5. The summed E-state index contributed by atoms with van der Waals surface area (Å²) in [5, 5.41) is 0.172. The zero-order valence-corrected chi connectivity index (χ0v) is 13.1. The van der Waals surface area contributed by atoms with E-state index >= 15 is 0 Å². The van der Waals surface area contributed by atoms with E-state index in [1.54, 1.807) is 0 Å². The Kier molecular flexibility index (Phi) is 6.09. The third-order valence-corrected chi connectivity index (χ3v) is 5.26. The zero-order valence-electron chi connectivity index (χ0n) is 10.7. The maximum Gasteiger partial charge on any atom is 0.402 e. The van der Waals surface area contributed by atoms with Crippen LogP contribution in [0.4, 0.5) is 13.2 Å². The van der Waals surface area contributed by atoms with Crippen molar-refractivity contribution in [3.05, 3.63) is 0 Å². The summed E-state index contributed by atoms with van der Waals surface area (Å²) in [6, 6.07) is 0. The van der Waals surface area contributed by atoms with Crippen LogP contribution >= 0.6 is 15.9 Å². The lowest BCUT2D eigenvalue weighted by Gasteiger charge is -2.34. The number of alkyl halides is 4. The molecule has 0 aromatic carbocycles. The molecule has 9 heteroatoms. The van der Waals surface area contributed by atoms with Crippen molar-refractivity contribution in [2.45, 2.75) is 25.9 Å². The van der Waals surface area contributed by atoms with Crippen LogP contribution in [0, 0.1) is 5.92 Å². The molecule has 1 atom stereocenters. The lowest BCUT2D eigenvalue weighted by Crippen LogP contribution is -2.50. The molecule has 1 saturated heterocycles. The van der Waals surface area contributed by atoms with Crippen molar-refractivity contribution in [2.24, 2.45) is 5.92 Å². The smallest absolute Gasteiger partial charge is 0.195 e. The number of nitrogens with zero attached hydrogens (tertiary/aromatic N) is 2. The SMILES string of the molecule is CC1CCCN(S(=O)(=O)N(CCBr)CC(F)(F)F)C1. The van der Waals surface area contributed by atoms with Crippen molar-refractivity contribution in [3.63, 3.8) is 0 Å². The largest absolute Gasteiger partial charge is 0.402 e. The standard InChI is InChI=1S/C10H18BrF3N2O2S/c1-9-3-2-5-15(7-9)19(17,18)16(6-4-11)8-10(12,13)14/h9H,2-8H2,1H3. The van der Waals surface area contributed by atoms with Gasteiger partial charge < -0.3 is 0 Å². The third-order valence-electron chi connectivity index (χ3n) is 2.96. The summed E-state index contributed by atoms with van der Waals surface area (Å²) in [6.45, 7) is 0.862. The summed E-state index contributed by atoms with van der Waals surface area (Å²) in [5.41, 5.74) is 0. The fourth-order valence-corrected chi connectivity index (χ4v) is 4.51. The summed E-state index contributed by atoms with van der Waals surface area (Å²) in [7, 11) is -4.04. The topological polar surface area (TPSA) is 40.6 Å². The molecule has 1 aliphatic heterocycles. The van der Waals surface area contributed by atoms with Crippen LogP contribution in [-0.2, 0) is 10.2 Å². The number of hydrogen-bond donors (Lipinski definition) is 0. The second-order valence-corrected chi connectivity index (χ2v) is 7.47. The van der Waals surface area contributed by atoms with Crippen LogP contribution in [0.5, 0.6) is 0 Å². The van der Waals surface area contributed by atoms with E-state index in [0.717, 1.165) is 10.7 Å². The van der Waals surface area contributed by atoms with Crippen LogP contribution in [0.2, 0.25) is 0 Å². The number of piperidine rings is 1. The first kappa shape index (κ1) is 17.2. The molecule has 0 saturated carbocycles. The average molecular weight is 367 g/mol. The maximum absolute atomic E-state index is 12.5. The molecular weight excluding hydrogens is 349 g/mol. The molecule has 1 unspecified atom stereocenters. The Bertz CT molecular complexity index is 389. The van der Waals surface area contributed by atoms with Gasteiger partial charge in [-0.2, -0.15) is 30.2 Å². The highest BCUT2D eigenvalue weighted by molar-refractivity contribution is 9.09. The van der Waals surface area contributed by atoms with Gasteiger partial charge in [-0.05, 0) is 18.8 Å². The van der Waals surface area contributed by atoms with Crippen molar-refractivity contribution in [1.82, 2.24) is 8.61 Å². The Labute approximate surface area is 120 Å². The van der Waals surface area contributed by atoms with Gasteiger partial charge in [0.25, 0.3) is 10.2 Å². The highest BCUT2D eigenvalue weighted by atomic mass is 79.9. The average Bonchev–Trinajstić information content (AvgIpc) is 2.26. The Hall–Kier alpha value is 0.140. The van der Waals surface area contributed by atoms with E-state index in [0.29, 0.717) is 23.8 Å². The summed E-state index contributed by atoms with van der Waals surface area (Å²) in [4.78, 5) is 0. The van der Waals surface area contributed by atoms with E-state index in [2.05, 4.69) is 15.9 Å². The zero-order chi connectivity index (χ0) is 14.7. The van der Waals surface area contributed by atoms with Gasteiger partial charge in [0.1, 0.15) is 6.54 Å². The molecule has 0 radical (unpaired) electrons. The molecule has 0 N–H and O–H groups in total. The van der Waals surface area contributed by atoms with Crippen LogP contribution in [0.25, 0.3) is 0 Å². The van der Waals surface area contributed by atoms with Gasteiger partial charge in [0.15, 0.2) is 0 Å². The molecule has 1 fully saturated rings. The van der Waals surface area contributed by atoms with E-state index < -0.39 is 22.9 Å². The van der Waals surface area contributed by atoms with Crippen molar-refractivity contribution < 1.29 is 21.6 Å². The van der Waals surface area contributed by atoms with Gasteiger partial charge in [-0.25, -0.2) is 0 Å². The van der Waals surface area contributed by atoms with E-state index in [1.165, 1.54) is 0 Å². The molecule has 0 spiro atoms. The lowest BCUT2D eigenvalue weighted by molar-refractivity contribution is -0.136. The molecule has 1 aliphatic rings. The molecule has 0 aromatic heterocycles. The van der Waals surface area contributed by atoms with E-state index in [4.69, 9.17) is 0 Å². The molecular formula is C10H18BrF3N2O2S. The minimum absolute atomic E-state index is 0.172. The highest BCUT2D eigenvalue weighted by Gasteiger charge is 2.39. The van der Waals surface area contributed by atoms with Gasteiger partial charge in [0.2, 0.25) is 0 Å². The maximum atomic E-state index is 12.5. The minimum Gasteiger partial charge on any atom is -0.195 e. The number of hydrogen-bond acceptors (Lipinski definition) is 2. The van der Waals surface area contributed by atoms with Gasteiger partial charge in [0.05, 0.1) is 0 Å². The normalized spacial score (nSPS) is 22.9. The third kappa shape index (κ3) is 5.20. The second-order valence-electron chi connectivity index (χ2n) is 4.75. The monoisotopic (exact) mass is 366 g/mol. The Morgan fingerprint density at radius 2 is 2.05 bits per heavy atom. The fourth-order valence-electron chi connectivity index (χ4n) is 2.09. The first-order valence-electron chi connectivity index (χ1n) is 6.05. The number of halogens is 4. The molecule has 4 nitrogen and oxygen atoms in total. The first-order valence-corrected chi connectivity index (χ1v) is 8.56. The van der Waals surface area contributed by atoms with Crippen LogP contribution in [0.3, 0.4) is 0 Å². The second kappa shape index (κ2) is 6.73. The van der Waals surface area contributed by atoms with Crippen molar-refractivity contribution in [2.75, 3.05) is 31.5 Å². The number of rotatable bonds is 5. The quantitative estimate of drug-likeness (QED) is 0.700. The minimum atomic E-state index is -4.53. The van der Waals surface area contributed by atoms with Crippen molar-refractivity contribution in [1.29, 1.82) is 0 Å². The van der Waals surface area contributed by atoms with Gasteiger partial charge in [-0.1, -0.05) is 22.9 Å². The van der Waals surface area contributed by atoms with Crippen LogP contribution in [0.1, 0.15) is 19.8 Å². The van der Waals surface area contributed by atoms with Crippen molar-refractivity contribution >= 4 is 26.1 Å². The first-order chi connectivity index (χ1) is 8.66. The van der Waals surface area contributed by atoms with Crippen LogP contribution in [-0.4, -0.2) is 54.7 Å². The van der Waals surface area contributed by atoms with Gasteiger partial charge in [0, 0.05) is 25.0 Å². The fraction of sp³-hybridized carbons (Fsp3) is 1.00. The molecule has 1 rings (SSSR count). The lowest BCUT2D eigenvalue weighted by atomic mass is 10.0. The molecule has 114 valence electrons. The van der Waals surface area contributed by atoms with E-state index in [9.17, 15) is 21.6 Å². The predicted molar refractivity (Wildman–Crippen MR) is 70.3 cm³/mol. The Morgan fingerprint density at radius 3 is 2.53 bits per heavy atom. The molecule has 0 amide bonds. The predicted octanol–water partition coefficient (Wildman–Crippen LogP) is 2.22. The molecule has 1 heterocycles. The van der Waals surface area contributed by atoms with Gasteiger partial charge in [-0.3, -0.25) is 0 Å². The molecule has 0 bridgehead atoms. The Morgan fingerprint density at radius 1 is 1.42 bits per heavy atom. The summed E-state index contributed by atoms with van der Waals surface area (Å²) in [5.74, 6) is 0.181. The van der Waals surface area contributed by atoms with Gasteiger partial charge >= 0.3 is 6.18 Å². The summed E-state index contributed by atoms with van der Waals surface area (Å²) >= 11 is 2.99.